The molecule has 5 heteroatoms. The van der Waals surface area contributed by atoms with Crippen LogP contribution < -0.4 is 0 Å². The fourth-order valence-electron chi connectivity index (χ4n) is 2.13. The van der Waals surface area contributed by atoms with Crippen molar-refractivity contribution in [3.8, 4) is 0 Å². The molecule has 0 heterocycles. The van der Waals surface area contributed by atoms with Crippen molar-refractivity contribution in [2.24, 2.45) is 0 Å². The number of hydrogen-bond acceptors (Lipinski definition) is 1. The molecule has 0 aliphatic carbocycles. The Morgan fingerprint density at radius 1 is 1.10 bits per heavy atom. The average molecular weight is 359 g/mol. The highest BCUT2D eigenvalue weighted by molar-refractivity contribution is 9.10. The molecule has 21 heavy (non-hydrogen) atoms. The quantitative estimate of drug-likeness (QED) is 0.807. The summed E-state index contributed by atoms with van der Waals surface area (Å²) in [6.45, 7) is 1.99. The maximum absolute atomic E-state index is 13.1. The van der Waals surface area contributed by atoms with Crippen molar-refractivity contribution in [3.05, 3.63) is 69.2 Å². The van der Waals surface area contributed by atoms with Crippen molar-refractivity contribution >= 4 is 15.9 Å². The third kappa shape index (κ3) is 3.66. The highest BCUT2D eigenvalue weighted by atomic mass is 79.9. The van der Waals surface area contributed by atoms with Gasteiger partial charge in [0.15, 0.2) is 0 Å². The third-order valence-electron chi connectivity index (χ3n) is 3.32. The van der Waals surface area contributed by atoms with Crippen LogP contribution in [-0.2, 0) is 12.6 Å². The Morgan fingerprint density at radius 2 is 1.71 bits per heavy atom. The Morgan fingerprint density at radius 3 is 2.24 bits per heavy atom. The van der Waals surface area contributed by atoms with Gasteiger partial charge < -0.3 is 5.11 Å². The number of hydrogen-bond donors (Lipinski definition) is 1. The molecule has 0 bridgehead atoms. The first-order chi connectivity index (χ1) is 9.82. The summed E-state index contributed by atoms with van der Waals surface area (Å²) in [6.07, 6.45) is -4.98. The summed E-state index contributed by atoms with van der Waals surface area (Å²) in [5, 5.41) is 10.3. The SMILES string of the molecule is CCc1ccc(C(O)c2ccc(Br)cc2C(F)(F)F)cc1. The van der Waals surface area contributed by atoms with Crippen molar-refractivity contribution in [1.29, 1.82) is 0 Å². The summed E-state index contributed by atoms with van der Waals surface area (Å²) in [5.41, 5.74) is 0.539. The number of aliphatic hydroxyl groups excluding tert-OH is 1. The first-order valence-electron chi connectivity index (χ1n) is 6.46. The van der Waals surface area contributed by atoms with E-state index >= 15 is 0 Å². The average Bonchev–Trinajstić information content (AvgIpc) is 2.45. The molecule has 1 atom stereocenters. The molecule has 0 radical (unpaired) electrons. The highest BCUT2D eigenvalue weighted by Gasteiger charge is 2.35. The van der Waals surface area contributed by atoms with Crippen molar-refractivity contribution in [1.82, 2.24) is 0 Å². The molecular weight excluding hydrogens is 345 g/mol. The Balaban J connectivity index is 2.44. The van der Waals surface area contributed by atoms with Crippen LogP contribution in [0.15, 0.2) is 46.9 Å². The topological polar surface area (TPSA) is 20.2 Å². The van der Waals surface area contributed by atoms with Gasteiger partial charge in [-0.1, -0.05) is 53.2 Å². The van der Waals surface area contributed by atoms with E-state index in [1.165, 1.54) is 12.1 Å². The number of halogens is 4. The molecule has 1 unspecified atom stereocenters. The van der Waals surface area contributed by atoms with Crippen molar-refractivity contribution < 1.29 is 18.3 Å². The summed E-state index contributed by atoms with van der Waals surface area (Å²) in [4.78, 5) is 0. The van der Waals surface area contributed by atoms with Gasteiger partial charge in [0.2, 0.25) is 0 Å². The van der Waals surface area contributed by atoms with E-state index in [9.17, 15) is 18.3 Å². The van der Waals surface area contributed by atoms with Gasteiger partial charge in [0.05, 0.1) is 5.56 Å². The molecule has 0 aliphatic heterocycles. The normalized spacial score (nSPS) is 13.2. The summed E-state index contributed by atoms with van der Waals surface area (Å²) in [7, 11) is 0. The lowest BCUT2D eigenvalue weighted by molar-refractivity contribution is -0.139. The van der Waals surface area contributed by atoms with E-state index in [2.05, 4.69) is 15.9 Å². The van der Waals surface area contributed by atoms with Crippen LogP contribution in [0, 0.1) is 0 Å². The minimum atomic E-state index is -4.51. The lowest BCUT2D eigenvalue weighted by Gasteiger charge is -2.18. The van der Waals surface area contributed by atoms with Gasteiger partial charge in [-0.05, 0) is 35.2 Å². The minimum absolute atomic E-state index is 0.144. The van der Waals surface area contributed by atoms with E-state index in [0.29, 0.717) is 10.0 Å². The molecule has 0 aliphatic rings. The second-order valence-electron chi connectivity index (χ2n) is 4.73. The second-order valence-corrected chi connectivity index (χ2v) is 5.64. The molecule has 2 aromatic rings. The number of aliphatic hydroxyl groups is 1. The monoisotopic (exact) mass is 358 g/mol. The Labute approximate surface area is 129 Å². The number of aryl methyl sites for hydroxylation is 1. The van der Waals surface area contributed by atoms with E-state index < -0.39 is 17.8 Å². The number of alkyl halides is 3. The Bertz CT molecular complexity index is 620. The predicted octanol–water partition coefficient (Wildman–Crippen LogP) is 5.11. The molecule has 0 fully saturated rings. The van der Waals surface area contributed by atoms with Crippen LogP contribution in [0.2, 0.25) is 0 Å². The fraction of sp³-hybridized carbons (Fsp3) is 0.250. The lowest BCUT2D eigenvalue weighted by atomic mass is 9.95. The van der Waals surface area contributed by atoms with Gasteiger partial charge >= 0.3 is 6.18 Å². The summed E-state index contributed by atoms with van der Waals surface area (Å²) in [6, 6.07) is 10.7. The predicted molar refractivity (Wildman–Crippen MR) is 79.0 cm³/mol. The van der Waals surface area contributed by atoms with E-state index in [-0.39, 0.29) is 5.56 Å². The van der Waals surface area contributed by atoms with E-state index in [1.54, 1.807) is 12.1 Å². The van der Waals surface area contributed by atoms with Gasteiger partial charge in [0.1, 0.15) is 6.10 Å². The van der Waals surface area contributed by atoms with Crippen molar-refractivity contribution in [2.75, 3.05) is 0 Å². The molecule has 0 saturated carbocycles. The molecule has 0 aromatic heterocycles. The largest absolute Gasteiger partial charge is 0.416 e. The van der Waals surface area contributed by atoms with Crippen molar-refractivity contribution in [2.45, 2.75) is 25.6 Å². The number of rotatable bonds is 3. The van der Waals surface area contributed by atoms with Gasteiger partial charge in [-0.25, -0.2) is 0 Å². The van der Waals surface area contributed by atoms with Crippen LogP contribution in [-0.4, -0.2) is 5.11 Å². The van der Waals surface area contributed by atoms with Gasteiger partial charge in [-0.2, -0.15) is 13.2 Å². The first kappa shape index (κ1) is 16.0. The van der Waals surface area contributed by atoms with Gasteiger partial charge in [-0.15, -0.1) is 0 Å². The maximum atomic E-state index is 13.1. The lowest BCUT2D eigenvalue weighted by Crippen LogP contribution is -2.13. The summed E-state index contributed by atoms with van der Waals surface area (Å²) < 4.78 is 39.6. The third-order valence-corrected chi connectivity index (χ3v) is 3.81. The molecule has 0 saturated heterocycles. The zero-order valence-corrected chi connectivity index (χ0v) is 12.9. The molecule has 1 N–H and O–H groups in total. The van der Waals surface area contributed by atoms with Gasteiger partial charge in [-0.3, -0.25) is 0 Å². The van der Waals surface area contributed by atoms with Crippen LogP contribution in [0.25, 0.3) is 0 Å². The van der Waals surface area contributed by atoms with Gasteiger partial charge in [0.25, 0.3) is 0 Å². The molecule has 1 nitrogen and oxygen atoms in total. The van der Waals surface area contributed by atoms with Gasteiger partial charge in [0, 0.05) is 4.47 Å². The van der Waals surface area contributed by atoms with E-state index in [0.717, 1.165) is 18.1 Å². The van der Waals surface area contributed by atoms with Crippen LogP contribution in [0.3, 0.4) is 0 Å². The van der Waals surface area contributed by atoms with Crippen LogP contribution in [0.4, 0.5) is 13.2 Å². The summed E-state index contributed by atoms with van der Waals surface area (Å²) in [5.74, 6) is 0. The van der Waals surface area contributed by atoms with E-state index in [1.807, 2.05) is 19.1 Å². The fourth-order valence-corrected chi connectivity index (χ4v) is 2.49. The smallest absolute Gasteiger partial charge is 0.384 e. The zero-order valence-electron chi connectivity index (χ0n) is 11.3. The molecule has 2 aromatic carbocycles. The van der Waals surface area contributed by atoms with Crippen LogP contribution >= 0.6 is 15.9 Å². The van der Waals surface area contributed by atoms with E-state index in [4.69, 9.17) is 0 Å². The van der Waals surface area contributed by atoms with Crippen LogP contribution in [0.5, 0.6) is 0 Å². The molecule has 112 valence electrons. The first-order valence-corrected chi connectivity index (χ1v) is 7.25. The summed E-state index contributed by atoms with van der Waals surface area (Å²) >= 11 is 3.03. The highest BCUT2D eigenvalue weighted by Crippen LogP contribution is 2.38. The Hall–Kier alpha value is -1.33. The van der Waals surface area contributed by atoms with Crippen molar-refractivity contribution in [3.63, 3.8) is 0 Å². The molecule has 0 spiro atoms. The molecular formula is C16H14BrF3O. The van der Waals surface area contributed by atoms with Crippen LogP contribution in [0.1, 0.15) is 35.3 Å². The second kappa shape index (κ2) is 6.20. The maximum Gasteiger partial charge on any atom is 0.416 e. The Kier molecular flexibility index (Phi) is 4.74. The standard InChI is InChI=1S/C16H14BrF3O/c1-2-10-3-5-11(6-4-10)15(21)13-8-7-12(17)9-14(13)16(18,19)20/h3-9,15,21H,2H2,1H3. The zero-order chi connectivity index (χ0) is 15.6. The minimum Gasteiger partial charge on any atom is -0.384 e. The number of benzene rings is 2. The molecule has 0 amide bonds. The molecule has 2 rings (SSSR count).